The van der Waals surface area contributed by atoms with Gasteiger partial charge in [0.2, 0.25) is 5.91 Å². The summed E-state index contributed by atoms with van der Waals surface area (Å²) in [7, 11) is 0. The Morgan fingerprint density at radius 3 is 3.05 bits per heavy atom. The second-order valence-corrected chi connectivity index (χ2v) is 5.02. The summed E-state index contributed by atoms with van der Waals surface area (Å²) in [6, 6.07) is 2.93. The lowest BCUT2D eigenvalue weighted by molar-refractivity contribution is -0.122. The molecule has 1 aliphatic heterocycles. The molecule has 2 rings (SSSR count). The molecule has 1 atom stereocenters. The summed E-state index contributed by atoms with van der Waals surface area (Å²) >= 11 is 1.66. The van der Waals surface area contributed by atoms with Crippen molar-refractivity contribution in [2.24, 2.45) is 0 Å². The van der Waals surface area contributed by atoms with Gasteiger partial charge in [0.05, 0.1) is 12.6 Å². The third kappa shape index (κ3) is 4.07. The first-order valence-electron chi connectivity index (χ1n) is 5.83. The van der Waals surface area contributed by atoms with Crippen LogP contribution < -0.4 is 15.4 Å². The Kier molecular flexibility index (Phi) is 4.98. The molecule has 0 aromatic heterocycles. The maximum Gasteiger partial charge on any atom is 0.238 e. The fourth-order valence-corrected chi connectivity index (χ4v) is 2.56. The number of benzene rings is 1. The highest BCUT2D eigenvalue weighted by atomic mass is 32.2. The molecule has 1 amide bonds. The molecule has 0 spiro atoms. The number of rotatable bonds is 5. The first kappa shape index (κ1) is 14.1. The van der Waals surface area contributed by atoms with Crippen LogP contribution in [0, 0.1) is 11.6 Å². The number of carbonyl (C=O) groups is 1. The number of hydrogen-bond acceptors (Lipinski definition) is 4. The Labute approximate surface area is 113 Å². The van der Waals surface area contributed by atoms with Gasteiger partial charge in [0.25, 0.3) is 0 Å². The molecule has 0 bridgehead atoms. The van der Waals surface area contributed by atoms with Gasteiger partial charge in [0.15, 0.2) is 11.6 Å². The predicted molar refractivity (Wildman–Crippen MR) is 69.1 cm³/mol. The van der Waals surface area contributed by atoms with Crippen LogP contribution in [0.4, 0.5) is 8.78 Å². The topological polar surface area (TPSA) is 50.4 Å². The highest BCUT2D eigenvalue weighted by Crippen LogP contribution is 2.17. The molecule has 4 nitrogen and oxygen atoms in total. The van der Waals surface area contributed by atoms with Crippen LogP contribution >= 0.6 is 11.8 Å². The molecule has 7 heteroatoms. The van der Waals surface area contributed by atoms with Crippen molar-refractivity contribution >= 4 is 17.7 Å². The predicted octanol–water partition coefficient (Wildman–Crippen LogP) is 1.12. The lowest BCUT2D eigenvalue weighted by Gasteiger charge is -2.11. The SMILES string of the molecule is O=C(NCCOc1ccc(F)cc1F)C1CSCN1. The zero-order valence-electron chi connectivity index (χ0n) is 10.1. The number of ether oxygens (including phenoxy) is 1. The van der Waals surface area contributed by atoms with Gasteiger partial charge in [-0.15, -0.1) is 11.8 Å². The van der Waals surface area contributed by atoms with E-state index in [0.717, 1.165) is 23.8 Å². The van der Waals surface area contributed by atoms with Crippen LogP contribution in [-0.4, -0.2) is 36.7 Å². The van der Waals surface area contributed by atoms with E-state index in [2.05, 4.69) is 10.6 Å². The molecule has 1 unspecified atom stereocenters. The van der Waals surface area contributed by atoms with E-state index in [0.29, 0.717) is 0 Å². The zero-order valence-corrected chi connectivity index (χ0v) is 10.9. The zero-order chi connectivity index (χ0) is 13.7. The Hall–Kier alpha value is -1.34. The van der Waals surface area contributed by atoms with Crippen molar-refractivity contribution in [1.82, 2.24) is 10.6 Å². The second-order valence-electron chi connectivity index (χ2n) is 3.99. The summed E-state index contributed by atoms with van der Waals surface area (Å²) in [5.74, 6) is 0.01000. The van der Waals surface area contributed by atoms with Gasteiger partial charge in [0.1, 0.15) is 12.4 Å². The third-order valence-electron chi connectivity index (χ3n) is 2.59. The highest BCUT2D eigenvalue weighted by Gasteiger charge is 2.21. The summed E-state index contributed by atoms with van der Waals surface area (Å²) in [4.78, 5) is 11.6. The minimum absolute atomic E-state index is 0.0230. The van der Waals surface area contributed by atoms with Crippen LogP contribution in [0.15, 0.2) is 18.2 Å². The van der Waals surface area contributed by atoms with E-state index in [1.54, 1.807) is 11.8 Å². The molecule has 0 saturated carbocycles. The highest BCUT2D eigenvalue weighted by molar-refractivity contribution is 7.99. The number of thioether (sulfide) groups is 1. The Balaban J connectivity index is 1.70. The van der Waals surface area contributed by atoms with Crippen molar-refractivity contribution in [2.75, 3.05) is 24.8 Å². The first-order chi connectivity index (χ1) is 9.16. The van der Waals surface area contributed by atoms with E-state index in [1.165, 1.54) is 6.07 Å². The number of nitrogens with one attached hydrogen (secondary N) is 2. The fourth-order valence-electron chi connectivity index (χ4n) is 1.61. The second kappa shape index (κ2) is 6.72. The molecule has 1 aromatic carbocycles. The Morgan fingerprint density at radius 1 is 1.53 bits per heavy atom. The Morgan fingerprint density at radius 2 is 2.37 bits per heavy atom. The van der Waals surface area contributed by atoms with Crippen LogP contribution in [0.1, 0.15) is 0 Å². The van der Waals surface area contributed by atoms with Gasteiger partial charge in [-0.05, 0) is 12.1 Å². The van der Waals surface area contributed by atoms with Crippen molar-refractivity contribution in [3.63, 3.8) is 0 Å². The molecule has 0 aliphatic carbocycles. The van der Waals surface area contributed by atoms with Gasteiger partial charge < -0.3 is 10.1 Å². The smallest absolute Gasteiger partial charge is 0.238 e. The lowest BCUT2D eigenvalue weighted by Crippen LogP contribution is -2.43. The normalized spacial score (nSPS) is 18.3. The van der Waals surface area contributed by atoms with Gasteiger partial charge in [-0.1, -0.05) is 0 Å². The summed E-state index contributed by atoms with van der Waals surface area (Å²) in [5.41, 5.74) is 0. The van der Waals surface area contributed by atoms with Crippen molar-refractivity contribution in [2.45, 2.75) is 6.04 Å². The summed E-state index contributed by atoms with van der Waals surface area (Å²) in [5, 5.41) is 5.73. The molecule has 2 N–H and O–H groups in total. The van der Waals surface area contributed by atoms with Crippen molar-refractivity contribution in [1.29, 1.82) is 0 Å². The molecule has 1 aliphatic rings. The maximum absolute atomic E-state index is 13.2. The monoisotopic (exact) mass is 288 g/mol. The molecule has 0 radical (unpaired) electrons. The quantitative estimate of drug-likeness (QED) is 0.797. The van der Waals surface area contributed by atoms with Gasteiger partial charge in [-0.25, -0.2) is 8.78 Å². The van der Waals surface area contributed by atoms with Crippen LogP contribution in [-0.2, 0) is 4.79 Å². The van der Waals surface area contributed by atoms with Crippen LogP contribution in [0.5, 0.6) is 5.75 Å². The van der Waals surface area contributed by atoms with E-state index in [1.807, 2.05) is 0 Å². The fraction of sp³-hybridized carbons (Fsp3) is 0.417. The van der Waals surface area contributed by atoms with Crippen LogP contribution in [0.25, 0.3) is 0 Å². The average molecular weight is 288 g/mol. The largest absolute Gasteiger partial charge is 0.489 e. The van der Waals surface area contributed by atoms with Crippen molar-refractivity contribution in [3.05, 3.63) is 29.8 Å². The van der Waals surface area contributed by atoms with Crippen LogP contribution in [0.2, 0.25) is 0 Å². The summed E-state index contributed by atoms with van der Waals surface area (Å²) < 4.78 is 31.0. The van der Waals surface area contributed by atoms with Crippen molar-refractivity contribution < 1.29 is 18.3 Å². The molecule has 1 aromatic rings. The van der Waals surface area contributed by atoms with Gasteiger partial charge >= 0.3 is 0 Å². The number of carbonyl (C=O) groups excluding carboxylic acids is 1. The molecular formula is C12H14F2N2O2S. The molecular weight excluding hydrogens is 274 g/mol. The van der Waals surface area contributed by atoms with Crippen LogP contribution in [0.3, 0.4) is 0 Å². The van der Waals surface area contributed by atoms with E-state index in [4.69, 9.17) is 4.74 Å². The maximum atomic E-state index is 13.2. The van der Waals surface area contributed by atoms with E-state index in [-0.39, 0.29) is 30.9 Å². The number of halogens is 2. The lowest BCUT2D eigenvalue weighted by atomic mass is 10.3. The standard InChI is InChI=1S/C12H14F2N2O2S/c13-8-1-2-11(9(14)5-8)18-4-3-15-12(17)10-6-19-7-16-10/h1-2,5,10,16H,3-4,6-7H2,(H,15,17). The molecule has 104 valence electrons. The molecule has 1 heterocycles. The third-order valence-corrected chi connectivity index (χ3v) is 3.53. The Bertz CT molecular complexity index is 453. The first-order valence-corrected chi connectivity index (χ1v) is 6.99. The summed E-state index contributed by atoms with van der Waals surface area (Å²) in [6.45, 7) is 0.409. The van der Waals surface area contributed by atoms with Gasteiger partial charge in [-0.2, -0.15) is 0 Å². The minimum Gasteiger partial charge on any atom is -0.489 e. The van der Waals surface area contributed by atoms with E-state index < -0.39 is 11.6 Å². The van der Waals surface area contributed by atoms with Gasteiger partial charge in [-0.3, -0.25) is 10.1 Å². The summed E-state index contributed by atoms with van der Waals surface area (Å²) in [6.07, 6.45) is 0. The molecule has 1 fully saturated rings. The van der Waals surface area contributed by atoms with E-state index >= 15 is 0 Å². The van der Waals surface area contributed by atoms with Gasteiger partial charge in [0, 0.05) is 17.7 Å². The van der Waals surface area contributed by atoms with E-state index in [9.17, 15) is 13.6 Å². The number of amides is 1. The van der Waals surface area contributed by atoms with Crippen molar-refractivity contribution in [3.8, 4) is 5.75 Å². The average Bonchev–Trinajstić information content (AvgIpc) is 2.90. The minimum atomic E-state index is -0.750. The molecule has 19 heavy (non-hydrogen) atoms. The number of hydrogen-bond donors (Lipinski definition) is 2. The molecule has 1 saturated heterocycles.